The van der Waals surface area contributed by atoms with Crippen molar-refractivity contribution in [1.29, 1.82) is 0 Å². The Labute approximate surface area is 91.3 Å². The summed E-state index contributed by atoms with van der Waals surface area (Å²) >= 11 is 6.67. The normalized spacial score (nSPS) is 12.5. The van der Waals surface area contributed by atoms with Gasteiger partial charge < -0.3 is 4.74 Å². The van der Waals surface area contributed by atoms with Gasteiger partial charge in [-0.1, -0.05) is 0 Å². The highest BCUT2D eigenvalue weighted by Gasteiger charge is 2.12. The molecule has 0 radical (unpaired) electrons. The molecule has 4 nitrogen and oxygen atoms in total. The van der Waals surface area contributed by atoms with Crippen LogP contribution < -0.4 is 10.4 Å². The van der Waals surface area contributed by atoms with Gasteiger partial charge in [-0.15, -0.1) is 11.3 Å². The van der Waals surface area contributed by atoms with Crippen molar-refractivity contribution in [2.75, 3.05) is 7.11 Å². The molecule has 0 saturated heterocycles. The molecule has 1 atom stereocenters. The number of thiophene rings is 1. The van der Waals surface area contributed by atoms with Crippen molar-refractivity contribution < 1.29 is 9.53 Å². The minimum atomic E-state index is -0.313. The van der Waals surface area contributed by atoms with E-state index in [1.165, 1.54) is 18.4 Å². The standard InChI is InChI=1S/C8H11ClN2O2S/c1-5(10-11-9)6-3-4-7(14-6)8(12)13-2/h3-5,10-11H,1-2H3. The summed E-state index contributed by atoms with van der Waals surface area (Å²) in [6, 6.07) is 3.65. The summed E-state index contributed by atoms with van der Waals surface area (Å²) in [5.74, 6) is -0.313. The van der Waals surface area contributed by atoms with Gasteiger partial charge in [-0.25, -0.2) is 10.2 Å². The number of nitrogens with one attached hydrogen (secondary N) is 2. The van der Waals surface area contributed by atoms with Crippen molar-refractivity contribution in [3.05, 3.63) is 21.9 Å². The molecule has 0 amide bonds. The molecule has 0 bridgehead atoms. The summed E-state index contributed by atoms with van der Waals surface area (Å²) in [7, 11) is 1.36. The van der Waals surface area contributed by atoms with E-state index < -0.39 is 0 Å². The molecule has 0 aromatic carbocycles. The van der Waals surface area contributed by atoms with E-state index in [2.05, 4.69) is 15.1 Å². The average Bonchev–Trinajstić information content (AvgIpc) is 2.66. The Balaban J connectivity index is 2.72. The number of hydrazine groups is 1. The lowest BCUT2D eigenvalue weighted by Crippen LogP contribution is -2.25. The molecule has 0 aliphatic carbocycles. The zero-order chi connectivity index (χ0) is 10.6. The van der Waals surface area contributed by atoms with Crippen molar-refractivity contribution in [1.82, 2.24) is 10.4 Å². The fourth-order valence-electron chi connectivity index (χ4n) is 0.949. The largest absolute Gasteiger partial charge is 0.465 e. The van der Waals surface area contributed by atoms with Crippen molar-refractivity contribution in [3.8, 4) is 0 Å². The van der Waals surface area contributed by atoms with Gasteiger partial charge in [0.1, 0.15) is 4.88 Å². The highest BCUT2D eigenvalue weighted by molar-refractivity contribution is 7.14. The highest BCUT2D eigenvalue weighted by Crippen LogP contribution is 2.23. The third kappa shape index (κ3) is 2.68. The topological polar surface area (TPSA) is 50.4 Å². The Morgan fingerprint density at radius 3 is 2.93 bits per heavy atom. The average molecular weight is 235 g/mol. The Hall–Kier alpha value is -0.620. The molecule has 1 unspecified atom stereocenters. The van der Waals surface area contributed by atoms with Crippen LogP contribution in [0.25, 0.3) is 0 Å². The van der Waals surface area contributed by atoms with Crippen LogP contribution >= 0.6 is 23.1 Å². The van der Waals surface area contributed by atoms with Gasteiger partial charge in [0.25, 0.3) is 0 Å². The summed E-state index contributed by atoms with van der Waals surface area (Å²) in [4.78, 5) is 15.1. The molecule has 2 N–H and O–H groups in total. The fourth-order valence-corrected chi connectivity index (χ4v) is 2.04. The molecule has 14 heavy (non-hydrogen) atoms. The van der Waals surface area contributed by atoms with Gasteiger partial charge in [-0.2, -0.15) is 4.94 Å². The van der Waals surface area contributed by atoms with E-state index in [4.69, 9.17) is 11.8 Å². The molecule has 0 aliphatic heterocycles. The lowest BCUT2D eigenvalue weighted by atomic mass is 10.3. The molecule has 0 fully saturated rings. The molecule has 0 aliphatic rings. The van der Waals surface area contributed by atoms with E-state index in [-0.39, 0.29) is 12.0 Å². The number of carbonyl (C=O) groups is 1. The highest BCUT2D eigenvalue weighted by atomic mass is 35.5. The maximum atomic E-state index is 11.1. The van der Waals surface area contributed by atoms with E-state index in [1.54, 1.807) is 6.07 Å². The van der Waals surface area contributed by atoms with Gasteiger partial charge in [-0.05, 0) is 30.8 Å². The maximum absolute atomic E-state index is 11.1. The van der Waals surface area contributed by atoms with Crippen LogP contribution in [0.5, 0.6) is 0 Å². The van der Waals surface area contributed by atoms with Gasteiger partial charge in [0.2, 0.25) is 0 Å². The van der Waals surface area contributed by atoms with E-state index in [9.17, 15) is 4.79 Å². The molecule has 6 heteroatoms. The lowest BCUT2D eigenvalue weighted by Gasteiger charge is -2.08. The fraction of sp³-hybridized carbons (Fsp3) is 0.375. The van der Waals surface area contributed by atoms with Crippen LogP contribution in [0.1, 0.15) is 27.5 Å². The first-order valence-corrected chi connectivity index (χ1v) is 5.17. The molecule has 0 spiro atoms. The first-order chi connectivity index (χ1) is 6.69. The Morgan fingerprint density at radius 2 is 2.36 bits per heavy atom. The minimum Gasteiger partial charge on any atom is -0.465 e. The number of carbonyl (C=O) groups excluding carboxylic acids is 1. The summed E-state index contributed by atoms with van der Waals surface area (Å²) in [6.45, 7) is 1.93. The van der Waals surface area contributed by atoms with Gasteiger partial charge in [-0.3, -0.25) is 0 Å². The molecule has 78 valence electrons. The monoisotopic (exact) mass is 234 g/mol. The smallest absolute Gasteiger partial charge is 0.348 e. The van der Waals surface area contributed by atoms with Crippen LogP contribution in [-0.4, -0.2) is 13.1 Å². The molecule has 1 aromatic heterocycles. The number of rotatable bonds is 4. The number of hydrogen-bond donors (Lipinski definition) is 2. The number of hydrogen-bond acceptors (Lipinski definition) is 5. The van der Waals surface area contributed by atoms with Gasteiger partial charge in [0.15, 0.2) is 0 Å². The van der Waals surface area contributed by atoms with Crippen molar-refractivity contribution in [2.45, 2.75) is 13.0 Å². The van der Waals surface area contributed by atoms with Crippen molar-refractivity contribution >= 4 is 29.1 Å². The van der Waals surface area contributed by atoms with E-state index in [0.717, 1.165) is 4.88 Å². The third-order valence-corrected chi connectivity index (χ3v) is 3.07. The first-order valence-electron chi connectivity index (χ1n) is 3.98. The molecule has 1 aromatic rings. The van der Waals surface area contributed by atoms with Crippen LogP contribution in [0.4, 0.5) is 0 Å². The number of esters is 1. The number of halogens is 1. The second-order valence-electron chi connectivity index (χ2n) is 2.65. The minimum absolute atomic E-state index is 0.0518. The molecule has 0 saturated carbocycles. The summed E-state index contributed by atoms with van der Waals surface area (Å²) in [6.07, 6.45) is 0. The van der Waals surface area contributed by atoms with Crippen LogP contribution in [0, 0.1) is 0 Å². The van der Waals surface area contributed by atoms with Crippen molar-refractivity contribution in [3.63, 3.8) is 0 Å². The quantitative estimate of drug-likeness (QED) is 0.474. The summed E-state index contributed by atoms with van der Waals surface area (Å²) in [5, 5.41) is 0. The van der Waals surface area contributed by atoms with Gasteiger partial charge >= 0.3 is 5.97 Å². The van der Waals surface area contributed by atoms with Crippen LogP contribution in [0.15, 0.2) is 12.1 Å². The van der Waals surface area contributed by atoms with Crippen LogP contribution in [0.3, 0.4) is 0 Å². The number of methoxy groups -OCH3 is 1. The SMILES string of the molecule is COC(=O)c1ccc(C(C)NNCl)s1. The lowest BCUT2D eigenvalue weighted by molar-refractivity contribution is 0.0606. The Morgan fingerprint density at radius 1 is 1.64 bits per heavy atom. The van der Waals surface area contributed by atoms with Crippen LogP contribution in [0.2, 0.25) is 0 Å². The zero-order valence-electron chi connectivity index (χ0n) is 7.83. The second kappa shape index (κ2) is 5.31. The molecular weight excluding hydrogens is 224 g/mol. The third-order valence-electron chi connectivity index (χ3n) is 1.71. The van der Waals surface area contributed by atoms with Crippen molar-refractivity contribution in [2.24, 2.45) is 0 Å². The molecule has 1 heterocycles. The first kappa shape index (κ1) is 11.5. The van der Waals surface area contributed by atoms with E-state index >= 15 is 0 Å². The zero-order valence-corrected chi connectivity index (χ0v) is 9.41. The Bertz CT molecular complexity index is 316. The summed E-state index contributed by atoms with van der Waals surface area (Å²) < 4.78 is 4.60. The Kier molecular flexibility index (Phi) is 4.34. The second-order valence-corrected chi connectivity index (χ2v) is 3.96. The van der Waals surface area contributed by atoms with Crippen LogP contribution in [-0.2, 0) is 4.74 Å². The van der Waals surface area contributed by atoms with E-state index in [0.29, 0.717) is 4.88 Å². The van der Waals surface area contributed by atoms with Gasteiger partial charge in [0.05, 0.1) is 13.2 Å². The molecular formula is C8H11ClN2O2S. The molecule has 1 rings (SSSR count). The maximum Gasteiger partial charge on any atom is 0.348 e. The predicted molar refractivity (Wildman–Crippen MR) is 56.2 cm³/mol. The van der Waals surface area contributed by atoms with E-state index in [1.807, 2.05) is 13.0 Å². The van der Waals surface area contributed by atoms with Gasteiger partial charge in [0, 0.05) is 4.88 Å². The predicted octanol–water partition coefficient (Wildman–Crippen LogP) is 1.84. The summed E-state index contributed by atoms with van der Waals surface area (Å²) in [5.41, 5.74) is 2.81. The number of ether oxygens (including phenoxy) is 1.